The van der Waals surface area contributed by atoms with Gasteiger partial charge in [0, 0.05) is 10.4 Å². The van der Waals surface area contributed by atoms with Crippen LogP contribution in [0.5, 0.6) is 0 Å². The Morgan fingerprint density at radius 2 is 1.03 bits per heavy atom. The fourth-order valence-electron chi connectivity index (χ4n) is 4.34. The smallest absolute Gasteiger partial charge is 0.0175 e. The van der Waals surface area contributed by atoms with Gasteiger partial charge in [0.15, 0.2) is 0 Å². The van der Waals surface area contributed by atoms with E-state index in [0.29, 0.717) is 5.92 Å². The van der Waals surface area contributed by atoms with Crippen molar-refractivity contribution in [1.82, 2.24) is 0 Å². The summed E-state index contributed by atoms with van der Waals surface area (Å²) in [4.78, 5) is 0. The molecule has 0 unspecified atom stereocenters. The molecule has 0 atom stereocenters. The van der Waals surface area contributed by atoms with Gasteiger partial charge in [-0.2, -0.15) is 0 Å². The van der Waals surface area contributed by atoms with Crippen molar-refractivity contribution in [3.63, 3.8) is 0 Å². The molecule has 0 bridgehead atoms. The molecule has 0 aliphatic carbocycles. The van der Waals surface area contributed by atoms with Crippen LogP contribution in [-0.4, -0.2) is 0 Å². The molecule has 0 radical (unpaired) electrons. The lowest BCUT2D eigenvalue weighted by Crippen LogP contribution is -2.03. The zero-order valence-corrected chi connectivity index (χ0v) is 18.3. The second-order valence-corrected chi connectivity index (χ2v) is 8.85. The molecule has 0 saturated heterocycles. The molecule has 0 fully saturated rings. The Morgan fingerprint density at radius 1 is 0.533 bits per heavy atom. The highest BCUT2D eigenvalue weighted by molar-refractivity contribution is 9.10. The summed E-state index contributed by atoms with van der Waals surface area (Å²) in [6.45, 7) is 0. The summed E-state index contributed by atoms with van der Waals surface area (Å²) in [6.07, 6.45) is 2.13. The summed E-state index contributed by atoms with van der Waals surface area (Å²) in [5.74, 6) is 0.364. The van der Waals surface area contributed by atoms with E-state index in [1.807, 2.05) is 0 Å². The van der Waals surface area contributed by atoms with Crippen LogP contribution in [0.1, 0.15) is 29.0 Å². The van der Waals surface area contributed by atoms with E-state index >= 15 is 0 Å². The lowest BCUT2D eigenvalue weighted by molar-refractivity contribution is 0.717. The molecule has 0 nitrogen and oxygen atoms in total. The number of hydrogen-bond acceptors (Lipinski definition) is 0. The van der Waals surface area contributed by atoms with Crippen LogP contribution in [0, 0.1) is 0 Å². The van der Waals surface area contributed by atoms with Crippen LogP contribution < -0.4 is 0 Å². The van der Waals surface area contributed by atoms with Crippen molar-refractivity contribution < 1.29 is 0 Å². The average molecular weight is 451 g/mol. The molecule has 0 heterocycles. The summed E-state index contributed by atoms with van der Waals surface area (Å²) < 4.78 is 1.13. The second-order valence-electron chi connectivity index (χ2n) is 7.93. The van der Waals surface area contributed by atoms with Crippen molar-refractivity contribution in [2.45, 2.75) is 18.8 Å². The molecule has 5 aromatic rings. The van der Waals surface area contributed by atoms with Gasteiger partial charge < -0.3 is 0 Å². The van der Waals surface area contributed by atoms with Crippen molar-refractivity contribution in [1.29, 1.82) is 0 Å². The SMILES string of the molecule is Brc1ccc(CCC(c2ccc3ccccc3c2)c2ccc3ccccc3c2)cc1. The van der Waals surface area contributed by atoms with Crippen LogP contribution >= 0.6 is 15.9 Å². The van der Waals surface area contributed by atoms with Crippen molar-refractivity contribution in [3.8, 4) is 0 Å². The number of aryl methyl sites for hydroxylation is 1. The van der Waals surface area contributed by atoms with Gasteiger partial charge in [-0.25, -0.2) is 0 Å². The van der Waals surface area contributed by atoms with Gasteiger partial charge in [-0.3, -0.25) is 0 Å². The Kier molecular flexibility index (Phi) is 5.38. The zero-order chi connectivity index (χ0) is 20.3. The molecule has 0 aliphatic rings. The van der Waals surface area contributed by atoms with Crippen LogP contribution in [0.3, 0.4) is 0 Å². The molecule has 0 aromatic heterocycles. The Balaban J connectivity index is 1.55. The third-order valence-corrected chi connectivity index (χ3v) is 6.52. The van der Waals surface area contributed by atoms with Crippen LogP contribution in [0.2, 0.25) is 0 Å². The third kappa shape index (κ3) is 4.04. The van der Waals surface area contributed by atoms with E-state index in [2.05, 4.69) is 125 Å². The summed E-state index contributed by atoms with van der Waals surface area (Å²) >= 11 is 3.54. The molecule has 0 spiro atoms. The van der Waals surface area contributed by atoms with Crippen molar-refractivity contribution in [3.05, 3.63) is 130 Å². The molecule has 0 aliphatic heterocycles. The molecule has 30 heavy (non-hydrogen) atoms. The molecule has 0 amide bonds. The maximum absolute atomic E-state index is 3.54. The Bertz CT molecular complexity index is 1220. The van der Waals surface area contributed by atoms with Crippen LogP contribution in [0.25, 0.3) is 21.5 Å². The minimum absolute atomic E-state index is 0.364. The molecule has 0 N–H and O–H groups in total. The van der Waals surface area contributed by atoms with E-state index in [-0.39, 0.29) is 0 Å². The van der Waals surface area contributed by atoms with Gasteiger partial charge in [-0.15, -0.1) is 0 Å². The number of hydrogen-bond donors (Lipinski definition) is 0. The first kappa shape index (κ1) is 19.1. The Morgan fingerprint density at radius 3 is 1.57 bits per heavy atom. The molecule has 146 valence electrons. The van der Waals surface area contributed by atoms with Gasteiger partial charge in [0.1, 0.15) is 0 Å². The van der Waals surface area contributed by atoms with Gasteiger partial charge in [-0.05, 0) is 63.2 Å². The minimum Gasteiger partial charge on any atom is -0.0616 e. The maximum Gasteiger partial charge on any atom is 0.0175 e. The third-order valence-electron chi connectivity index (χ3n) is 5.99. The van der Waals surface area contributed by atoms with Gasteiger partial charge in [0.25, 0.3) is 0 Å². The lowest BCUT2D eigenvalue weighted by atomic mass is 9.84. The zero-order valence-electron chi connectivity index (χ0n) is 16.8. The lowest BCUT2D eigenvalue weighted by Gasteiger charge is -2.20. The van der Waals surface area contributed by atoms with Crippen molar-refractivity contribution in [2.75, 3.05) is 0 Å². The first-order chi connectivity index (χ1) is 14.8. The van der Waals surface area contributed by atoms with E-state index in [1.54, 1.807) is 0 Å². The predicted octanol–water partition coefficient (Wildman–Crippen LogP) is 8.52. The average Bonchev–Trinajstić information content (AvgIpc) is 2.80. The van der Waals surface area contributed by atoms with E-state index < -0.39 is 0 Å². The summed E-state index contributed by atoms with van der Waals surface area (Å²) in [5, 5.41) is 5.21. The highest BCUT2D eigenvalue weighted by atomic mass is 79.9. The molecular formula is C29H23Br. The van der Waals surface area contributed by atoms with E-state index in [9.17, 15) is 0 Å². The first-order valence-electron chi connectivity index (χ1n) is 10.5. The highest BCUT2D eigenvalue weighted by Gasteiger charge is 2.16. The fourth-order valence-corrected chi connectivity index (χ4v) is 4.60. The molecule has 5 rings (SSSR count). The number of benzene rings is 5. The van der Waals surface area contributed by atoms with Crippen LogP contribution in [0.4, 0.5) is 0 Å². The highest BCUT2D eigenvalue weighted by Crippen LogP contribution is 2.33. The minimum atomic E-state index is 0.364. The first-order valence-corrected chi connectivity index (χ1v) is 11.3. The monoisotopic (exact) mass is 450 g/mol. The molecule has 1 heteroatoms. The maximum atomic E-state index is 3.54. The number of fused-ring (bicyclic) bond motifs is 2. The summed E-state index contributed by atoms with van der Waals surface area (Å²) in [6, 6.07) is 39.9. The quantitative estimate of drug-likeness (QED) is 0.251. The Hall–Kier alpha value is -2.90. The van der Waals surface area contributed by atoms with Crippen LogP contribution in [-0.2, 0) is 6.42 Å². The standard InChI is InChI=1S/C29H23Br/c30-28-16-9-21(10-17-28)11-18-29(26-14-12-22-5-1-3-7-24(22)19-26)27-15-13-23-6-2-4-8-25(23)20-27/h1-10,12-17,19-20,29H,11,18H2. The molecule has 0 saturated carbocycles. The molecular weight excluding hydrogens is 428 g/mol. The van der Waals surface area contributed by atoms with Crippen LogP contribution in [0.15, 0.2) is 114 Å². The van der Waals surface area contributed by atoms with E-state index in [1.165, 1.54) is 38.2 Å². The predicted molar refractivity (Wildman–Crippen MR) is 132 cm³/mol. The van der Waals surface area contributed by atoms with E-state index in [0.717, 1.165) is 17.3 Å². The topological polar surface area (TPSA) is 0 Å². The largest absolute Gasteiger partial charge is 0.0616 e. The van der Waals surface area contributed by atoms with Crippen molar-refractivity contribution in [2.24, 2.45) is 0 Å². The number of halogens is 1. The van der Waals surface area contributed by atoms with E-state index in [4.69, 9.17) is 0 Å². The second kappa shape index (κ2) is 8.45. The van der Waals surface area contributed by atoms with Gasteiger partial charge in [-0.1, -0.05) is 113 Å². The summed E-state index contributed by atoms with van der Waals surface area (Å²) in [5.41, 5.74) is 4.16. The van der Waals surface area contributed by atoms with Crippen molar-refractivity contribution >= 4 is 37.5 Å². The normalized spacial score (nSPS) is 11.4. The number of rotatable bonds is 5. The molecule has 5 aromatic carbocycles. The van der Waals surface area contributed by atoms with Gasteiger partial charge >= 0.3 is 0 Å². The Labute approximate surface area is 186 Å². The summed E-state index contributed by atoms with van der Waals surface area (Å²) in [7, 11) is 0. The fraction of sp³-hybridized carbons (Fsp3) is 0.103. The van der Waals surface area contributed by atoms with Gasteiger partial charge in [0.2, 0.25) is 0 Å². The van der Waals surface area contributed by atoms with Gasteiger partial charge in [0.05, 0.1) is 0 Å².